The Labute approximate surface area is 140 Å². The van der Waals surface area contributed by atoms with E-state index in [1.54, 1.807) is 36.4 Å². The normalized spacial score (nSPS) is 12.7. The van der Waals surface area contributed by atoms with E-state index in [1.807, 2.05) is 6.92 Å². The molecule has 0 fully saturated rings. The van der Waals surface area contributed by atoms with Crippen LogP contribution in [-0.4, -0.2) is 20.4 Å². The molecule has 122 valence electrons. The average Bonchev–Trinajstić information content (AvgIpc) is 2.47. The SMILES string of the molecule is Cc1ccc(S(=O)(=O)N[C@H](C)C(=O)Nc2cccc(Cl)c2)cc1. The number of amides is 1. The first-order valence-corrected chi connectivity index (χ1v) is 8.79. The largest absolute Gasteiger partial charge is 0.325 e. The highest BCUT2D eigenvalue weighted by molar-refractivity contribution is 7.89. The van der Waals surface area contributed by atoms with Gasteiger partial charge in [-0.15, -0.1) is 0 Å². The first kappa shape index (κ1) is 17.5. The molecule has 5 nitrogen and oxygen atoms in total. The molecule has 0 bridgehead atoms. The van der Waals surface area contributed by atoms with Crippen molar-refractivity contribution in [3.63, 3.8) is 0 Å². The smallest absolute Gasteiger partial charge is 0.242 e. The number of nitrogens with one attached hydrogen (secondary N) is 2. The molecule has 0 saturated carbocycles. The summed E-state index contributed by atoms with van der Waals surface area (Å²) in [5, 5.41) is 3.10. The summed E-state index contributed by atoms with van der Waals surface area (Å²) in [4.78, 5) is 12.2. The molecule has 0 aliphatic rings. The molecule has 0 unspecified atom stereocenters. The van der Waals surface area contributed by atoms with E-state index in [4.69, 9.17) is 11.6 Å². The molecule has 2 rings (SSSR count). The van der Waals surface area contributed by atoms with Crippen LogP contribution in [0.2, 0.25) is 5.02 Å². The lowest BCUT2D eigenvalue weighted by Crippen LogP contribution is -2.41. The summed E-state index contributed by atoms with van der Waals surface area (Å²) in [6.45, 7) is 3.34. The van der Waals surface area contributed by atoms with E-state index < -0.39 is 22.0 Å². The van der Waals surface area contributed by atoms with Crippen LogP contribution in [0.4, 0.5) is 5.69 Å². The van der Waals surface area contributed by atoms with Crippen molar-refractivity contribution in [3.8, 4) is 0 Å². The Kier molecular flexibility index (Phi) is 5.41. The van der Waals surface area contributed by atoms with Crippen LogP contribution in [0.3, 0.4) is 0 Å². The third kappa shape index (κ3) is 4.79. The number of rotatable bonds is 5. The molecule has 2 N–H and O–H groups in total. The van der Waals surface area contributed by atoms with E-state index >= 15 is 0 Å². The van der Waals surface area contributed by atoms with Gasteiger partial charge in [-0.25, -0.2) is 8.42 Å². The number of anilines is 1. The topological polar surface area (TPSA) is 75.3 Å². The number of halogens is 1. The van der Waals surface area contributed by atoms with Gasteiger partial charge in [-0.3, -0.25) is 4.79 Å². The van der Waals surface area contributed by atoms with E-state index in [0.29, 0.717) is 10.7 Å². The highest BCUT2D eigenvalue weighted by Gasteiger charge is 2.22. The highest BCUT2D eigenvalue weighted by Crippen LogP contribution is 2.15. The molecule has 2 aromatic carbocycles. The van der Waals surface area contributed by atoms with Gasteiger partial charge < -0.3 is 5.32 Å². The van der Waals surface area contributed by atoms with Crippen LogP contribution in [0.1, 0.15) is 12.5 Å². The number of hydrogen-bond acceptors (Lipinski definition) is 3. The molecule has 0 aliphatic heterocycles. The summed E-state index contributed by atoms with van der Waals surface area (Å²) in [7, 11) is -3.76. The summed E-state index contributed by atoms with van der Waals surface area (Å²) < 4.78 is 26.9. The van der Waals surface area contributed by atoms with Crippen LogP contribution in [0, 0.1) is 6.92 Å². The van der Waals surface area contributed by atoms with Crippen molar-refractivity contribution in [2.75, 3.05) is 5.32 Å². The van der Waals surface area contributed by atoms with Crippen LogP contribution in [0.5, 0.6) is 0 Å². The van der Waals surface area contributed by atoms with E-state index in [-0.39, 0.29) is 4.90 Å². The van der Waals surface area contributed by atoms with Crippen molar-refractivity contribution in [1.29, 1.82) is 0 Å². The van der Waals surface area contributed by atoms with Gasteiger partial charge >= 0.3 is 0 Å². The number of aryl methyl sites for hydroxylation is 1. The van der Waals surface area contributed by atoms with Crippen LogP contribution in [-0.2, 0) is 14.8 Å². The second kappa shape index (κ2) is 7.12. The van der Waals surface area contributed by atoms with Crippen LogP contribution >= 0.6 is 11.6 Å². The molecule has 23 heavy (non-hydrogen) atoms. The van der Waals surface area contributed by atoms with Gasteiger partial charge in [0, 0.05) is 10.7 Å². The van der Waals surface area contributed by atoms with Crippen LogP contribution in [0.15, 0.2) is 53.4 Å². The fourth-order valence-electron chi connectivity index (χ4n) is 1.89. The Morgan fingerprint density at radius 3 is 2.39 bits per heavy atom. The highest BCUT2D eigenvalue weighted by atomic mass is 35.5. The molecule has 0 heterocycles. The number of carbonyl (C=O) groups is 1. The lowest BCUT2D eigenvalue weighted by Gasteiger charge is -2.14. The van der Waals surface area contributed by atoms with Crippen molar-refractivity contribution in [2.45, 2.75) is 24.8 Å². The molecule has 0 aromatic heterocycles. The zero-order chi connectivity index (χ0) is 17.0. The van der Waals surface area contributed by atoms with E-state index in [9.17, 15) is 13.2 Å². The molecule has 1 amide bonds. The summed E-state index contributed by atoms with van der Waals surface area (Å²) in [6, 6.07) is 12.1. The zero-order valence-electron chi connectivity index (χ0n) is 12.7. The Morgan fingerprint density at radius 1 is 1.13 bits per heavy atom. The lowest BCUT2D eigenvalue weighted by atomic mass is 10.2. The van der Waals surface area contributed by atoms with Crippen molar-refractivity contribution in [1.82, 2.24) is 4.72 Å². The predicted octanol–water partition coefficient (Wildman–Crippen LogP) is 2.95. The molecule has 0 radical (unpaired) electrons. The maximum Gasteiger partial charge on any atom is 0.242 e. The maximum atomic E-state index is 12.3. The van der Waals surface area contributed by atoms with Crippen molar-refractivity contribution in [3.05, 3.63) is 59.1 Å². The molecule has 0 saturated heterocycles. The van der Waals surface area contributed by atoms with Gasteiger partial charge in [-0.05, 0) is 44.2 Å². The van der Waals surface area contributed by atoms with Crippen LogP contribution < -0.4 is 10.0 Å². The fraction of sp³-hybridized carbons (Fsp3) is 0.188. The molecule has 0 spiro atoms. The van der Waals surface area contributed by atoms with E-state index in [1.165, 1.54) is 19.1 Å². The Balaban J connectivity index is 2.06. The number of sulfonamides is 1. The molecule has 0 aliphatic carbocycles. The average molecular weight is 353 g/mol. The Morgan fingerprint density at radius 2 is 1.78 bits per heavy atom. The molecule has 2 aromatic rings. The Bertz CT molecular complexity index is 804. The predicted molar refractivity (Wildman–Crippen MR) is 91.0 cm³/mol. The van der Waals surface area contributed by atoms with Gasteiger partial charge in [0.1, 0.15) is 0 Å². The van der Waals surface area contributed by atoms with Gasteiger partial charge in [-0.2, -0.15) is 4.72 Å². The number of benzene rings is 2. The van der Waals surface area contributed by atoms with Gasteiger partial charge in [0.05, 0.1) is 10.9 Å². The minimum Gasteiger partial charge on any atom is -0.325 e. The summed E-state index contributed by atoms with van der Waals surface area (Å²) in [5.41, 5.74) is 1.46. The minimum absolute atomic E-state index is 0.116. The third-order valence-electron chi connectivity index (χ3n) is 3.15. The molecular weight excluding hydrogens is 336 g/mol. The first-order chi connectivity index (χ1) is 10.8. The number of carbonyl (C=O) groups excluding carboxylic acids is 1. The standard InChI is InChI=1S/C16H17ClN2O3S/c1-11-6-8-15(9-7-11)23(21,22)19-12(2)16(20)18-14-5-3-4-13(17)10-14/h3-10,12,19H,1-2H3,(H,18,20)/t12-/m1/s1. The van der Waals surface area contributed by atoms with Gasteiger partial charge in [0.2, 0.25) is 15.9 Å². The summed E-state index contributed by atoms with van der Waals surface area (Å²) in [6.07, 6.45) is 0. The maximum absolute atomic E-state index is 12.3. The van der Waals surface area contributed by atoms with Crippen molar-refractivity contribution < 1.29 is 13.2 Å². The number of hydrogen-bond donors (Lipinski definition) is 2. The molecule has 1 atom stereocenters. The summed E-state index contributed by atoms with van der Waals surface area (Å²) in [5.74, 6) is -0.469. The fourth-order valence-corrected chi connectivity index (χ4v) is 3.28. The van der Waals surface area contributed by atoms with Crippen molar-refractivity contribution >= 4 is 33.2 Å². The Hall–Kier alpha value is -1.89. The van der Waals surface area contributed by atoms with Gasteiger partial charge in [0.25, 0.3) is 0 Å². The zero-order valence-corrected chi connectivity index (χ0v) is 14.3. The first-order valence-electron chi connectivity index (χ1n) is 6.93. The molecular formula is C16H17ClN2O3S. The van der Waals surface area contributed by atoms with E-state index in [2.05, 4.69) is 10.0 Å². The third-order valence-corrected chi connectivity index (χ3v) is 4.94. The van der Waals surface area contributed by atoms with Crippen molar-refractivity contribution in [2.24, 2.45) is 0 Å². The summed E-state index contributed by atoms with van der Waals surface area (Å²) >= 11 is 5.84. The quantitative estimate of drug-likeness (QED) is 0.868. The second-order valence-electron chi connectivity index (χ2n) is 5.16. The van der Waals surface area contributed by atoms with Crippen LogP contribution in [0.25, 0.3) is 0 Å². The minimum atomic E-state index is -3.76. The van der Waals surface area contributed by atoms with Gasteiger partial charge in [-0.1, -0.05) is 35.4 Å². The van der Waals surface area contributed by atoms with Gasteiger partial charge in [0.15, 0.2) is 0 Å². The monoisotopic (exact) mass is 352 g/mol. The second-order valence-corrected chi connectivity index (χ2v) is 7.31. The molecule has 7 heteroatoms. The van der Waals surface area contributed by atoms with E-state index in [0.717, 1.165) is 5.56 Å². The lowest BCUT2D eigenvalue weighted by molar-refractivity contribution is -0.117.